The molecule has 0 heterocycles. The molecule has 1 aromatic rings. The molecule has 0 saturated heterocycles. The van der Waals surface area contributed by atoms with Gasteiger partial charge in [-0.25, -0.2) is 20.3 Å². The van der Waals surface area contributed by atoms with Gasteiger partial charge in [0.25, 0.3) is 0 Å². The van der Waals surface area contributed by atoms with E-state index in [1.165, 1.54) is 6.92 Å². The summed E-state index contributed by atoms with van der Waals surface area (Å²) in [6, 6.07) is 6.22. The van der Waals surface area contributed by atoms with Crippen LogP contribution < -0.4 is 16.5 Å². The number of hydrogen-bond donors (Lipinski definition) is 6. The van der Waals surface area contributed by atoms with Crippen LogP contribution in [-0.4, -0.2) is 73.7 Å². The highest BCUT2D eigenvalue weighted by Gasteiger charge is 2.36. The summed E-state index contributed by atoms with van der Waals surface area (Å²) in [7, 11) is 0. The fourth-order valence-electron chi connectivity index (χ4n) is 2.70. The topological polar surface area (TPSA) is 207 Å². The molecule has 0 aliphatic rings. The molecule has 0 spiro atoms. The first-order valence-electron chi connectivity index (χ1n) is 15.9. The molecule has 0 aromatic heterocycles. The van der Waals surface area contributed by atoms with Crippen molar-refractivity contribution in [3.05, 3.63) is 35.9 Å². The number of alkyl carbamates (subject to hydrolysis) is 2. The molecule has 0 bridgehead atoms. The zero-order valence-corrected chi connectivity index (χ0v) is 27.0. The average molecular weight is 644 g/mol. The standard InChI is InChI=1S/C12H23NO4.C10H19NO5.C7H9NO.ClH/c1-7-8(14)9(12(5,6)16)13-10(15)17-11(2,3)4;1-9(2,3)16-8(14)11-6(7(12)13)10(4,5)15;8-9-6-7-4-2-1-3-5-7;/h9,16H,7H2,1-6H3,(H,13,15);6,15H,1-5H3,(H,11,14)(H,12,13);1-5H,6,8H2;1H/t9-;6-;;/m11../s1/i5D3;4D3;;/t9-,12+;6-,10+;;. The first-order valence-corrected chi connectivity index (χ1v) is 12.9. The van der Waals surface area contributed by atoms with Crippen molar-refractivity contribution in [3.63, 3.8) is 0 Å². The quantitative estimate of drug-likeness (QED) is 0.213. The summed E-state index contributed by atoms with van der Waals surface area (Å²) in [4.78, 5) is 50.4. The van der Waals surface area contributed by atoms with E-state index in [1.807, 2.05) is 35.6 Å². The van der Waals surface area contributed by atoms with E-state index in [0.717, 1.165) is 19.4 Å². The van der Waals surface area contributed by atoms with Crippen LogP contribution in [0.1, 0.15) is 96.2 Å². The van der Waals surface area contributed by atoms with Crippen LogP contribution in [0.4, 0.5) is 9.59 Å². The largest absolute Gasteiger partial charge is 0.480 e. The van der Waals surface area contributed by atoms with Crippen LogP contribution in [0.3, 0.4) is 0 Å². The van der Waals surface area contributed by atoms with Crippen molar-refractivity contribution in [1.82, 2.24) is 10.6 Å². The Hall–Kier alpha value is -2.97. The molecule has 0 saturated carbocycles. The molecule has 0 aliphatic heterocycles. The SMILES string of the molecule is Cl.NOCc1ccccc1.[2H]C([2H])([2H])[C@@](C)(O)[C@H](NC(=O)OC(C)(C)C)C(=O)CC.[2H]C([2H])([2H])[C@@](C)(O)[C@H](NC(=O)OC(C)(C)C)C(=O)O. The molecular weight excluding hydrogens is 586 g/mol. The van der Waals surface area contributed by atoms with E-state index in [2.05, 4.69) is 10.2 Å². The minimum atomic E-state index is -2.98. The van der Waals surface area contributed by atoms with E-state index < -0.39 is 72.1 Å². The predicted octanol–water partition coefficient (Wildman–Crippen LogP) is 3.86. The third-order valence-corrected chi connectivity index (χ3v) is 4.46. The van der Waals surface area contributed by atoms with Crippen LogP contribution in [0.25, 0.3) is 0 Å². The number of aliphatic carboxylic acids is 1. The third kappa shape index (κ3) is 23.2. The van der Waals surface area contributed by atoms with Crippen molar-refractivity contribution >= 4 is 36.3 Å². The third-order valence-electron chi connectivity index (χ3n) is 4.46. The van der Waals surface area contributed by atoms with E-state index in [0.29, 0.717) is 6.61 Å². The Labute approximate surface area is 269 Å². The maximum Gasteiger partial charge on any atom is 0.408 e. The van der Waals surface area contributed by atoms with Crippen LogP contribution in [0.15, 0.2) is 30.3 Å². The summed E-state index contributed by atoms with van der Waals surface area (Å²) in [6.45, 7) is 7.58. The van der Waals surface area contributed by atoms with Gasteiger partial charge in [0.2, 0.25) is 0 Å². The van der Waals surface area contributed by atoms with Crippen molar-refractivity contribution in [1.29, 1.82) is 0 Å². The minimum Gasteiger partial charge on any atom is -0.480 e. The van der Waals surface area contributed by atoms with Gasteiger partial charge < -0.3 is 35.4 Å². The molecule has 43 heavy (non-hydrogen) atoms. The Balaban J connectivity index is -0.000000681. The second-order valence-electron chi connectivity index (χ2n) is 11.4. The first-order chi connectivity index (χ1) is 21.3. The fraction of sp³-hybridized carbons (Fsp3) is 0.655. The number of hydrogen-bond acceptors (Lipinski definition) is 10. The van der Waals surface area contributed by atoms with Crippen molar-refractivity contribution in [2.45, 2.75) is 124 Å². The van der Waals surface area contributed by atoms with Crippen LogP contribution in [0.5, 0.6) is 0 Å². The lowest BCUT2D eigenvalue weighted by Gasteiger charge is -2.30. The molecule has 13 nitrogen and oxygen atoms in total. The normalized spacial score (nSPS) is 17.7. The number of amides is 2. The summed E-state index contributed by atoms with van der Waals surface area (Å²) < 4.78 is 53.0. The molecule has 4 atom stereocenters. The number of ketones is 1. The number of aliphatic hydroxyl groups is 2. The van der Waals surface area contributed by atoms with Crippen molar-refractivity contribution < 1.29 is 57.0 Å². The zero-order chi connectivity index (χ0) is 38.5. The van der Waals surface area contributed by atoms with Gasteiger partial charge >= 0.3 is 18.2 Å². The van der Waals surface area contributed by atoms with E-state index in [-0.39, 0.29) is 18.8 Å². The number of rotatable bonds is 9. The lowest BCUT2D eigenvalue weighted by Crippen LogP contribution is -2.54. The summed E-state index contributed by atoms with van der Waals surface area (Å²) >= 11 is 0. The molecule has 0 fully saturated rings. The molecular formula is C29H52ClN3O10. The number of carbonyl (C=O) groups is 4. The highest BCUT2D eigenvalue weighted by molar-refractivity contribution is 5.88. The maximum absolute atomic E-state index is 11.8. The van der Waals surface area contributed by atoms with Gasteiger partial charge in [0.15, 0.2) is 11.8 Å². The number of ether oxygens (including phenoxy) is 2. The molecule has 1 rings (SSSR count). The number of Topliss-reactive ketones (excluding diaryl/α,β-unsaturated/α-hetero) is 1. The summed E-state index contributed by atoms with van der Waals surface area (Å²) in [5, 5.41) is 32.9. The number of halogens is 1. The van der Waals surface area contributed by atoms with Crippen molar-refractivity contribution in [3.8, 4) is 0 Å². The number of carboxylic acid groups (broad SMARTS) is 1. The van der Waals surface area contributed by atoms with Crippen LogP contribution in [0, 0.1) is 0 Å². The molecule has 250 valence electrons. The lowest BCUT2D eigenvalue weighted by atomic mass is 9.94. The maximum atomic E-state index is 11.8. The molecule has 0 aliphatic carbocycles. The Morgan fingerprint density at radius 2 is 1.23 bits per heavy atom. The van der Waals surface area contributed by atoms with Gasteiger partial charge in [0.05, 0.1) is 17.8 Å². The molecule has 2 amide bonds. The van der Waals surface area contributed by atoms with Gasteiger partial charge in [-0.15, -0.1) is 12.4 Å². The molecule has 0 unspecified atom stereocenters. The lowest BCUT2D eigenvalue weighted by molar-refractivity contribution is -0.145. The van der Waals surface area contributed by atoms with E-state index in [1.54, 1.807) is 41.5 Å². The van der Waals surface area contributed by atoms with Gasteiger partial charge in [-0.05, 0) is 74.7 Å². The Morgan fingerprint density at radius 1 is 0.837 bits per heavy atom. The number of carbonyl (C=O) groups excluding carboxylic acids is 3. The Morgan fingerprint density at radius 3 is 1.56 bits per heavy atom. The van der Waals surface area contributed by atoms with Crippen molar-refractivity contribution in [2.75, 3.05) is 0 Å². The summed E-state index contributed by atoms with van der Waals surface area (Å²) in [5.74, 6) is 2.60. The van der Waals surface area contributed by atoms with Crippen molar-refractivity contribution in [2.24, 2.45) is 5.90 Å². The van der Waals surface area contributed by atoms with E-state index in [4.69, 9.17) is 28.7 Å². The fourth-order valence-corrected chi connectivity index (χ4v) is 2.70. The Bertz CT molecular complexity index is 1190. The zero-order valence-electron chi connectivity index (χ0n) is 32.1. The second kappa shape index (κ2) is 19.3. The van der Waals surface area contributed by atoms with Gasteiger partial charge in [0.1, 0.15) is 17.2 Å². The predicted molar refractivity (Wildman–Crippen MR) is 165 cm³/mol. The monoisotopic (exact) mass is 643 g/mol. The summed E-state index contributed by atoms with van der Waals surface area (Å²) in [5.41, 5.74) is -5.58. The van der Waals surface area contributed by atoms with Gasteiger partial charge in [-0.3, -0.25) is 9.63 Å². The van der Waals surface area contributed by atoms with E-state index in [9.17, 15) is 29.4 Å². The smallest absolute Gasteiger partial charge is 0.408 e. The second-order valence-corrected chi connectivity index (χ2v) is 11.4. The molecule has 7 N–H and O–H groups in total. The average Bonchev–Trinajstić information content (AvgIpc) is 2.88. The highest BCUT2D eigenvalue weighted by Crippen LogP contribution is 2.14. The van der Waals surface area contributed by atoms with Crippen LogP contribution in [0.2, 0.25) is 0 Å². The number of nitrogens with two attached hydrogens (primary N) is 1. The molecule has 0 radical (unpaired) electrons. The number of benzene rings is 1. The van der Waals surface area contributed by atoms with E-state index >= 15 is 0 Å². The van der Waals surface area contributed by atoms with Gasteiger partial charge in [-0.2, -0.15) is 0 Å². The number of carboxylic acids is 1. The van der Waals surface area contributed by atoms with Gasteiger partial charge in [0, 0.05) is 14.6 Å². The minimum absolute atomic E-state index is 0. The Kier molecular flexibility index (Phi) is 14.8. The van der Waals surface area contributed by atoms with Crippen LogP contribution >= 0.6 is 12.4 Å². The first kappa shape index (κ1) is 32.9. The van der Waals surface area contributed by atoms with Crippen LogP contribution in [-0.2, 0) is 30.5 Å². The summed E-state index contributed by atoms with van der Waals surface area (Å²) in [6.07, 6.45) is -2.09. The van der Waals surface area contributed by atoms with Gasteiger partial charge in [-0.1, -0.05) is 37.3 Å². The molecule has 14 heteroatoms. The highest BCUT2D eigenvalue weighted by atomic mass is 35.5. The number of nitrogens with one attached hydrogen (secondary N) is 2. The molecule has 1 aromatic carbocycles.